The van der Waals surface area contributed by atoms with Crippen LogP contribution in [0.3, 0.4) is 0 Å². The molecule has 1 aliphatic heterocycles. The number of carbonyl (C=O) groups is 1. The molecule has 2 atom stereocenters. The molecular formula is C12H24N2O2. The summed E-state index contributed by atoms with van der Waals surface area (Å²) in [5, 5.41) is 6.24. The molecule has 1 heterocycles. The molecule has 0 aromatic carbocycles. The minimum Gasteiger partial charge on any atom is -0.375 e. The van der Waals surface area contributed by atoms with Crippen LogP contribution in [-0.2, 0) is 9.53 Å². The smallest absolute Gasteiger partial charge is 0.222 e. The van der Waals surface area contributed by atoms with Crippen molar-refractivity contribution >= 4 is 5.91 Å². The van der Waals surface area contributed by atoms with E-state index in [1.165, 1.54) is 12.8 Å². The van der Waals surface area contributed by atoms with Crippen LogP contribution in [0.4, 0.5) is 0 Å². The van der Waals surface area contributed by atoms with Crippen molar-refractivity contribution in [2.45, 2.75) is 51.7 Å². The molecule has 0 spiro atoms. The minimum absolute atomic E-state index is 0.0483. The molecule has 16 heavy (non-hydrogen) atoms. The molecule has 0 aromatic heterocycles. The maximum atomic E-state index is 11.7. The second-order valence-electron chi connectivity index (χ2n) is 4.51. The summed E-state index contributed by atoms with van der Waals surface area (Å²) in [6.07, 6.45) is 3.93. The van der Waals surface area contributed by atoms with Crippen LogP contribution in [0.15, 0.2) is 0 Å². The van der Waals surface area contributed by atoms with E-state index in [0.717, 1.165) is 19.5 Å². The van der Waals surface area contributed by atoms with Crippen molar-refractivity contribution in [3.8, 4) is 0 Å². The molecule has 0 aliphatic carbocycles. The van der Waals surface area contributed by atoms with Gasteiger partial charge in [-0.25, -0.2) is 0 Å². The lowest BCUT2D eigenvalue weighted by Crippen LogP contribution is -2.42. The van der Waals surface area contributed by atoms with Gasteiger partial charge in [-0.15, -0.1) is 0 Å². The average molecular weight is 228 g/mol. The number of carbonyl (C=O) groups excluding carboxylic acids is 1. The standard InChI is InChI=1S/C12H24N2O2/c1-3-4-5-10(2)14-12(15)8-11-9-13-6-7-16-11/h10-11,13H,3-9H2,1-2H3,(H,14,15). The lowest BCUT2D eigenvalue weighted by Gasteiger charge is -2.23. The SMILES string of the molecule is CCCCC(C)NC(=O)CC1CNCCO1. The molecule has 0 radical (unpaired) electrons. The van der Waals surface area contributed by atoms with Crippen molar-refractivity contribution in [1.29, 1.82) is 0 Å². The molecule has 4 nitrogen and oxygen atoms in total. The molecule has 0 saturated carbocycles. The summed E-state index contributed by atoms with van der Waals surface area (Å²) >= 11 is 0. The van der Waals surface area contributed by atoms with Gasteiger partial charge in [0.05, 0.1) is 19.1 Å². The molecule has 0 bridgehead atoms. The Morgan fingerprint density at radius 2 is 2.44 bits per heavy atom. The van der Waals surface area contributed by atoms with Gasteiger partial charge in [0.25, 0.3) is 0 Å². The van der Waals surface area contributed by atoms with Crippen LogP contribution in [0, 0.1) is 0 Å². The van der Waals surface area contributed by atoms with Crippen molar-refractivity contribution < 1.29 is 9.53 Å². The van der Waals surface area contributed by atoms with E-state index >= 15 is 0 Å². The number of hydrogen-bond acceptors (Lipinski definition) is 3. The van der Waals surface area contributed by atoms with Gasteiger partial charge in [0, 0.05) is 19.1 Å². The predicted molar refractivity (Wildman–Crippen MR) is 64.4 cm³/mol. The summed E-state index contributed by atoms with van der Waals surface area (Å²) in [6.45, 7) is 6.62. The minimum atomic E-state index is 0.0483. The first-order valence-electron chi connectivity index (χ1n) is 6.34. The predicted octanol–water partition coefficient (Wildman–Crippen LogP) is 1.06. The van der Waals surface area contributed by atoms with E-state index in [1.54, 1.807) is 0 Å². The molecule has 94 valence electrons. The Labute approximate surface area is 98.1 Å². The van der Waals surface area contributed by atoms with Gasteiger partial charge in [0.1, 0.15) is 0 Å². The zero-order valence-corrected chi connectivity index (χ0v) is 10.4. The van der Waals surface area contributed by atoms with Crippen molar-refractivity contribution in [3.05, 3.63) is 0 Å². The first-order valence-corrected chi connectivity index (χ1v) is 6.34. The first kappa shape index (κ1) is 13.5. The normalized spacial score (nSPS) is 22.8. The molecule has 1 aliphatic rings. The van der Waals surface area contributed by atoms with Crippen molar-refractivity contribution in [1.82, 2.24) is 10.6 Å². The van der Waals surface area contributed by atoms with E-state index in [2.05, 4.69) is 24.5 Å². The van der Waals surface area contributed by atoms with Crippen molar-refractivity contribution in [3.63, 3.8) is 0 Å². The van der Waals surface area contributed by atoms with Gasteiger partial charge in [-0.3, -0.25) is 4.79 Å². The van der Waals surface area contributed by atoms with Gasteiger partial charge in [-0.1, -0.05) is 19.8 Å². The monoisotopic (exact) mass is 228 g/mol. The highest BCUT2D eigenvalue weighted by Gasteiger charge is 2.17. The van der Waals surface area contributed by atoms with Gasteiger partial charge in [0.2, 0.25) is 5.91 Å². The van der Waals surface area contributed by atoms with Crippen LogP contribution in [0.25, 0.3) is 0 Å². The third-order valence-electron chi connectivity index (χ3n) is 2.82. The average Bonchev–Trinajstić information content (AvgIpc) is 2.27. The number of nitrogens with one attached hydrogen (secondary N) is 2. The number of rotatable bonds is 6. The summed E-state index contributed by atoms with van der Waals surface area (Å²) in [5.41, 5.74) is 0. The number of hydrogen-bond donors (Lipinski definition) is 2. The summed E-state index contributed by atoms with van der Waals surface area (Å²) < 4.78 is 5.49. The fraction of sp³-hybridized carbons (Fsp3) is 0.917. The van der Waals surface area contributed by atoms with Crippen molar-refractivity contribution in [2.24, 2.45) is 0 Å². The highest BCUT2D eigenvalue weighted by atomic mass is 16.5. The fourth-order valence-electron chi connectivity index (χ4n) is 1.87. The van der Waals surface area contributed by atoms with E-state index in [-0.39, 0.29) is 18.1 Å². The number of morpholine rings is 1. The van der Waals surface area contributed by atoms with Crippen LogP contribution in [0.5, 0.6) is 0 Å². The van der Waals surface area contributed by atoms with E-state index in [4.69, 9.17) is 4.74 Å². The summed E-state index contributed by atoms with van der Waals surface area (Å²) in [5.74, 6) is 0.109. The summed E-state index contributed by atoms with van der Waals surface area (Å²) in [6, 6.07) is 0.281. The molecule has 0 aromatic rings. The van der Waals surface area contributed by atoms with Crippen molar-refractivity contribution in [2.75, 3.05) is 19.7 Å². The molecular weight excluding hydrogens is 204 g/mol. The largest absolute Gasteiger partial charge is 0.375 e. The Balaban J connectivity index is 2.13. The Morgan fingerprint density at radius 3 is 3.06 bits per heavy atom. The van der Waals surface area contributed by atoms with Crippen LogP contribution in [-0.4, -0.2) is 37.7 Å². The molecule has 1 saturated heterocycles. The van der Waals surface area contributed by atoms with Crippen LogP contribution >= 0.6 is 0 Å². The second kappa shape index (κ2) is 7.63. The zero-order valence-electron chi connectivity index (χ0n) is 10.4. The van der Waals surface area contributed by atoms with Gasteiger partial charge in [-0.05, 0) is 13.3 Å². The lowest BCUT2D eigenvalue weighted by molar-refractivity contribution is -0.125. The Hall–Kier alpha value is -0.610. The maximum Gasteiger partial charge on any atom is 0.222 e. The maximum absolute atomic E-state index is 11.7. The Kier molecular flexibility index (Phi) is 6.42. The number of unbranched alkanes of at least 4 members (excludes halogenated alkanes) is 1. The highest BCUT2D eigenvalue weighted by molar-refractivity contribution is 5.76. The summed E-state index contributed by atoms with van der Waals surface area (Å²) in [4.78, 5) is 11.7. The Bertz CT molecular complexity index is 203. The third kappa shape index (κ3) is 5.47. The highest BCUT2D eigenvalue weighted by Crippen LogP contribution is 2.03. The molecule has 1 amide bonds. The van der Waals surface area contributed by atoms with Crippen LogP contribution in [0.1, 0.15) is 39.5 Å². The van der Waals surface area contributed by atoms with E-state index < -0.39 is 0 Å². The van der Waals surface area contributed by atoms with Gasteiger partial charge >= 0.3 is 0 Å². The number of ether oxygens (including phenoxy) is 1. The Morgan fingerprint density at radius 1 is 1.62 bits per heavy atom. The first-order chi connectivity index (χ1) is 7.72. The van der Waals surface area contributed by atoms with Gasteiger partial charge < -0.3 is 15.4 Å². The molecule has 4 heteroatoms. The van der Waals surface area contributed by atoms with Crippen LogP contribution < -0.4 is 10.6 Å². The lowest BCUT2D eigenvalue weighted by atomic mass is 10.1. The second-order valence-corrected chi connectivity index (χ2v) is 4.51. The van der Waals surface area contributed by atoms with Gasteiger partial charge in [-0.2, -0.15) is 0 Å². The molecule has 1 fully saturated rings. The van der Waals surface area contributed by atoms with E-state index in [0.29, 0.717) is 13.0 Å². The topological polar surface area (TPSA) is 50.4 Å². The van der Waals surface area contributed by atoms with E-state index in [9.17, 15) is 4.79 Å². The fourth-order valence-corrected chi connectivity index (χ4v) is 1.87. The quantitative estimate of drug-likeness (QED) is 0.714. The van der Waals surface area contributed by atoms with Crippen LogP contribution in [0.2, 0.25) is 0 Å². The zero-order chi connectivity index (χ0) is 11.8. The molecule has 2 unspecified atom stereocenters. The number of amides is 1. The van der Waals surface area contributed by atoms with E-state index in [1.807, 2.05) is 0 Å². The molecule has 2 N–H and O–H groups in total. The van der Waals surface area contributed by atoms with Gasteiger partial charge in [0.15, 0.2) is 0 Å². The molecule has 1 rings (SSSR count). The third-order valence-corrected chi connectivity index (χ3v) is 2.82. The summed E-state index contributed by atoms with van der Waals surface area (Å²) in [7, 11) is 0.